The van der Waals surface area contributed by atoms with Crippen LogP contribution in [0.4, 0.5) is 4.39 Å². The van der Waals surface area contributed by atoms with E-state index in [1.807, 2.05) is 0 Å². The highest BCUT2D eigenvalue weighted by molar-refractivity contribution is 5.99. The van der Waals surface area contributed by atoms with Crippen molar-refractivity contribution in [3.63, 3.8) is 0 Å². The van der Waals surface area contributed by atoms with Gasteiger partial charge in [0.2, 0.25) is 0 Å². The minimum Gasteiger partial charge on any atom is -0.352 e. The number of aromatic nitrogens is 1. The number of nitrogens with one attached hydrogen (secondary N) is 1. The number of carbonyl (C=O) groups is 2. The monoisotopic (exact) mass is 357 g/mol. The molecule has 0 saturated heterocycles. The molecule has 2 aromatic rings. The Morgan fingerprint density at radius 3 is 2.65 bits per heavy atom. The van der Waals surface area contributed by atoms with Gasteiger partial charge in [-0.05, 0) is 30.5 Å². The fraction of sp³-hybridized carbons (Fsp3) is 0.350. The van der Waals surface area contributed by atoms with Gasteiger partial charge in [-0.2, -0.15) is 0 Å². The molecule has 1 aromatic heterocycles. The van der Waals surface area contributed by atoms with Crippen molar-refractivity contribution < 1.29 is 14.0 Å². The Morgan fingerprint density at radius 2 is 1.92 bits per heavy atom. The van der Waals surface area contributed by atoms with Crippen LogP contribution in [0.15, 0.2) is 42.7 Å². The number of rotatable bonds is 8. The Morgan fingerprint density at radius 1 is 1.19 bits per heavy atom. The van der Waals surface area contributed by atoms with Crippen LogP contribution in [0.25, 0.3) is 0 Å². The van der Waals surface area contributed by atoms with Crippen molar-refractivity contribution >= 4 is 11.8 Å². The van der Waals surface area contributed by atoms with Gasteiger partial charge in [0, 0.05) is 32.5 Å². The summed E-state index contributed by atoms with van der Waals surface area (Å²) in [4.78, 5) is 30.3. The van der Waals surface area contributed by atoms with Gasteiger partial charge >= 0.3 is 0 Å². The Hall–Kier alpha value is -2.76. The van der Waals surface area contributed by atoms with E-state index in [0.717, 1.165) is 12.8 Å². The lowest BCUT2D eigenvalue weighted by molar-refractivity contribution is 0.0793. The molecule has 0 unspecified atom stereocenters. The fourth-order valence-electron chi connectivity index (χ4n) is 2.51. The number of hydrogen-bond acceptors (Lipinski definition) is 3. The zero-order chi connectivity index (χ0) is 18.9. The van der Waals surface area contributed by atoms with Crippen LogP contribution in [-0.2, 0) is 6.42 Å². The number of nitrogens with zero attached hydrogens (tertiary/aromatic N) is 2. The second kappa shape index (κ2) is 9.65. The summed E-state index contributed by atoms with van der Waals surface area (Å²) in [6.45, 7) is 3.02. The topological polar surface area (TPSA) is 62.3 Å². The molecule has 26 heavy (non-hydrogen) atoms. The van der Waals surface area contributed by atoms with Crippen molar-refractivity contribution in [3.8, 4) is 0 Å². The van der Waals surface area contributed by atoms with Crippen LogP contribution < -0.4 is 5.32 Å². The van der Waals surface area contributed by atoms with Crippen LogP contribution in [0.5, 0.6) is 0 Å². The van der Waals surface area contributed by atoms with Crippen LogP contribution in [0, 0.1) is 5.82 Å². The molecule has 0 atom stereocenters. The standard InChI is InChI=1S/C20H24FN3O2/c1-3-4-11-24(2)20(26)17-12-16(13-22-14-17)19(25)23-10-9-15-7-5-6-8-18(15)21/h5-8,12-14H,3-4,9-11H2,1-2H3,(H,23,25). The molecule has 0 aliphatic carbocycles. The van der Waals surface area contributed by atoms with Crippen LogP contribution in [0.3, 0.4) is 0 Å². The van der Waals surface area contributed by atoms with E-state index >= 15 is 0 Å². The van der Waals surface area contributed by atoms with E-state index in [1.54, 1.807) is 30.1 Å². The third kappa shape index (κ3) is 5.37. The van der Waals surface area contributed by atoms with Gasteiger partial charge in [-0.3, -0.25) is 14.6 Å². The van der Waals surface area contributed by atoms with E-state index in [1.165, 1.54) is 24.5 Å². The Bertz CT molecular complexity index is 764. The van der Waals surface area contributed by atoms with Gasteiger partial charge in [-0.15, -0.1) is 0 Å². The predicted octanol–water partition coefficient (Wildman–Crippen LogP) is 3.07. The summed E-state index contributed by atoms with van der Waals surface area (Å²) in [6.07, 6.45) is 5.19. The second-order valence-electron chi connectivity index (χ2n) is 6.14. The van der Waals surface area contributed by atoms with E-state index in [0.29, 0.717) is 36.2 Å². The van der Waals surface area contributed by atoms with E-state index < -0.39 is 0 Å². The summed E-state index contributed by atoms with van der Waals surface area (Å²) < 4.78 is 13.6. The molecule has 1 aromatic carbocycles. The Kier molecular flexibility index (Phi) is 7.26. The highest BCUT2D eigenvalue weighted by Gasteiger charge is 2.14. The second-order valence-corrected chi connectivity index (χ2v) is 6.14. The normalized spacial score (nSPS) is 10.4. The SMILES string of the molecule is CCCCN(C)C(=O)c1cncc(C(=O)NCCc2ccccc2F)c1. The van der Waals surface area contributed by atoms with Crippen molar-refractivity contribution in [1.29, 1.82) is 0 Å². The van der Waals surface area contributed by atoms with Crippen molar-refractivity contribution in [3.05, 3.63) is 65.2 Å². The summed E-state index contributed by atoms with van der Waals surface area (Å²) in [7, 11) is 1.74. The number of pyridine rings is 1. The molecule has 6 heteroatoms. The van der Waals surface area contributed by atoms with Gasteiger partial charge < -0.3 is 10.2 Å². The molecular weight excluding hydrogens is 333 g/mol. The third-order valence-electron chi connectivity index (χ3n) is 4.08. The molecule has 0 saturated carbocycles. The largest absolute Gasteiger partial charge is 0.352 e. The van der Waals surface area contributed by atoms with Gasteiger partial charge in [-0.25, -0.2) is 4.39 Å². The number of unbranched alkanes of at least 4 members (excludes halogenated alkanes) is 1. The highest BCUT2D eigenvalue weighted by Crippen LogP contribution is 2.08. The van der Waals surface area contributed by atoms with Crippen molar-refractivity contribution in [2.24, 2.45) is 0 Å². The van der Waals surface area contributed by atoms with E-state index in [4.69, 9.17) is 0 Å². The Balaban J connectivity index is 1.95. The molecule has 138 valence electrons. The Labute approximate surface area is 153 Å². The highest BCUT2D eigenvalue weighted by atomic mass is 19.1. The first-order chi connectivity index (χ1) is 12.5. The molecule has 0 bridgehead atoms. The van der Waals surface area contributed by atoms with E-state index in [-0.39, 0.29) is 17.6 Å². The van der Waals surface area contributed by atoms with Crippen LogP contribution in [0.1, 0.15) is 46.0 Å². The minimum atomic E-state index is -0.334. The maximum Gasteiger partial charge on any atom is 0.255 e. The molecule has 5 nitrogen and oxygen atoms in total. The molecule has 0 spiro atoms. The summed E-state index contributed by atoms with van der Waals surface area (Å²) in [5, 5.41) is 2.73. The maximum absolute atomic E-state index is 13.6. The number of benzene rings is 1. The fourth-order valence-corrected chi connectivity index (χ4v) is 2.51. The summed E-state index contributed by atoms with van der Waals surface area (Å²) in [6, 6.07) is 8.01. The van der Waals surface area contributed by atoms with E-state index in [9.17, 15) is 14.0 Å². The summed E-state index contributed by atoms with van der Waals surface area (Å²) in [5.41, 5.74) is 1.24. The average molecular weight is 357 g/mol. The zero-order valence-electron chi connectivity index (χ0n) is 15.2. The number of halogens is 1. The average Bonchev–Trinajstić information content (AvgIpc) is 2.67. The number of hydrogen-bond donors (Lipinski definition) is 1. The van der Waals surface area contributed by atoms with Crippen molar-refractivity contribution in [1.82, 2.24) is 15.2 Å². The first-order valence-electron chi connectivity index (χ1n) is 8.75. The number of carbonyl (C=O) groups excluding carboxylic acids is 2. The lowest BCUT2D eigenvalue weighted by Crippen LogP contribution is -2.29. The van der Waals surface area contributed by atoms with Gasteiger partial charge in [0.1, 0.15) is 5.82 Å². The third-order valence-corrected chi connectivity index (χ3v) is 4.08. The molecule has 2 rings (SSSR count). The van der Waals surface area contributed by atoms with Crippen LogP contribution >= 0.6 is 0 Å². The van der Waals surface area contributed by atoms with Crippen LogP contribution in [-0.4, -0.2) is 41.8 Å². The molecule has 1 heterocycles. The molecule has 0 fully saturated rings. The molecule has 0 aliphatic heterocycles. The molecule has 2 amide bonds. The number of amides is 2. The van der Waals surface area contributed by atoms with E-state index in [2.05, 4.69) is 17.2 Å². The smallest absolute Gasteiger partial charge is 0.255 e. The minimum absolute atomic E-state index is 0.160. The van der Waals surface area contributed by atoms with Gasteiger partial charge in [0.25, 0.3) is 11.8 Å². The molecule has 1 N–H and O–H groups in total. The lowest BCUT2D eigenvalue weighted by Gasteiger charge is -2.16. The first kappa shape index (κ1) is 19.6. The first-order valence-corrected chi connectivity index (χ1v) is 8.75. The maximum atomic E-state index is 13.6. The van der Waals surface area contributed by atoms with Crippen LogP contribution in [0.2, 0.25) is 0 Å². The quantitative estimate of drug-likeness (QED) is 0.790. The van der Waals surface area contributed by atoms with Gasteiger partial charge in [0.05, 0.1) is 11.1 Å². The summed E-state index contributed by atoms with van der Waals surface area (Å²) in [5.74, 6) is -0.780. The van der Waals surface area contributed by atoms with Crippen molar-refractivity contribution in [2.75, 3.05) is 20.1 Å². The molecule has 0 radical (unpaired) electrons. The lowest BCUT2D eigenvalue weighted by atomic mass is 10.1. The predicted molar refractivity (Wildman–Crippen MR) is 98.5 cm³/mol. The van der Waals surface area contributed by atoms with Crippen molar-refractivity contribution in [2.45, 2.75) is 26.2 Å². The zero-order valence-corrected chi connectivity index (χ0v) is 15.2. The summed E-state index contributed by atoms with van der Waals surface area (Å²) >= 11 is 0. The van der Waals surface area contributed by atoms with Gasteiger partial charge in [-0.1, -0.05) is 31.5 Å². The molecule has 0 aliphatic rings. The molecular formula is C20H24FN3O2. The van der Waals surface area contributed by atoms with Gasteiger partial charge in [0.15, 0.2) is 0 Å².